The summed E-state index contributed by atoms with van der Waals surface area (Å²) < 4.78 is 16.2. The number of hydrogen-bond acceptors (Lipinski definition) is 6. The zero-order chi connectivity index (χ0) is 25.2. The zero-order valence-corrected chi connectivity index (χ0v) is 20.9. The summed E-state index contributed by atoms with van der Waals surface area (Å²) in [6, 6.07) is 15.9. The predicted molar refractivity (Wildman–Crippen MR) is 134 cm³/mol. The largest absolute Gasteiger partial charge is 0.465 e. The van der Waals surface area contributed by atoms with E-state index in [0.29, 0.717) is 23.7 Å². The molecule has 1 aliphatic carbocycles. The second-order valence-corrected chi connectivity index (χ2v) is 9.41. The number of carbonyl (C=O) groups excluding carboxylic acids is 2. The van der Waals surface area contributed by atoms with Crippen molar-refractivity contribution in [3.05, 3.63) is 59.8 Å². The molecule has 1 N–H and O–H groups in total. The molecule has 184 valence electrons. The highest BCUT2D eigenvalue weighted by Gasteiger charge is 2.52. The molecule has 0 aliphatic heterocycles. The van der Waals surface area contributed by atoms with Crippen LogP contribution in [-0.2, 0) is 19.7 Å². The highest BCUT2D eigenvalue weighted by Crippen LogP contribution is 2.49. The van der Waals surface area contributed by atoms with Crippen molar-refractivity contribution >= 4 is 17.7 Å². The van der Waals surface area contributed by atoms with Gasteiger partial charge in [-0.1, -0.05) is 67.5 Å². The maximum atomic E-state index is 12.4. The van der Waals surface area contributed by atoms with Gasteiger partial charge in [-0.05, 0) is 56.2 Å². The van der Waals surface area contributed by atoms with Crippen LogP contribution in [0.5, 0.6) is 0 Å². The lowest BCUT2D eigenvalue weighted by Gasteiger charge is -2.17. The normalized spacial score (nSPS) is 14.9. The van der Waals surface area contributed by atoms with Crippen LogP contribution in [0.3, 0.4) is 0 Å². The molecule has 0 spiro atoms. The summed E-state index contributed by atoms with van der Waals surface area (Å²) in [7, 11) is 0. The number of carbonyl (C=O) groups is 2. The molecule has 1 aliphatic rings. The van der Waals surface area contributed by atoms with Gasteiger partial charge in [-0.3, -0.25) is 10.1 Å². The fraction of sp³-hybridized carbons (Fsp3) is 0.393. The van der Waals surface area contributed by atoms with Crippen LogP contribution in [0.25, 0.3) is 22.5 Å². The first-order valence-corrected chi connectivity index (χ1v) is 12.1. The van der Waals surface area contributed by atoms with E-state index in [1.807, 2.05) is 76.2 Å². The number of anilines is 1. The Bertz CT molecular complexity index is 1190. The van der Waals surface area contributed by atoms with Gasteiger partial charge in [0.25, 0.3) is 0 Å². The summed E-state index contributed by atoms with van der Waals surface area (Å²) in [6.07, 6.45) is 0.913. The number of benzene rings is 2. The van der Waals surface area contributed by atoms with E-state index in [0.717, 1.165) is 35.1 Å². The minimum Gasteiger partial charge on any atom is -0.465 e. The lowest BCUT2D eigenvalue weighted by Crippen LogP contribution is -2.24. The van der Waals surface area contributed by atoms with Gasteiger partial charge in [0.15, 0.2) is 5.76 Å². The molecule has 4 rings (SSSR count). The summed E-state index contributed by atoms with van der Waals surface area (Å²) in [6.45, 7) is 9.84. The number of hydrogen-bond donors (Lipinski definition) is 1. The first kappa shape index (κ1) is 24.5. The molecule has 2 aromatic carbocycles. The molecule has 3 aromatic rings. The summed E-state index contributed by atoms with van der Waals surface area (Å²) in [4.78, 5) is 24.7. The van der Waals surface area contributed by atoms with E-state index in [2.05, 4.69) is 10.5 Å². The van der Waals surface area contributed by atoms with E-state index < -0.39 is 11.5 Å². The standard InChI is InChI=1S/C28H32N2O5/c1-6-33-26(31)28(15-16-28)23-13-11-21(12-14-23)20-7-9-22(10-8-20)25-24(18(4)30-35-25)29-27(32)34-19(5)17(2)3/h7-14,17,19H,6,15-16H2,1-5H3,(H,29,32)/t19-/m1/s1. The van der Waals surface area contributed by atoms with E-state index >= 15 is 0 Å². The van der Waals surface area contributed by atoms with Gasteiger partial charge in [0.1, 0.15) is 17.5 Å². The number of nitrogens with zero attached hydrogens (tertiary/aromatic N) is 1. The molecular formula is C28H32N2O5. The number of rotatable bonds is 8. The van der Waals surface area contributed by atoms with Crippen LogP contribution in [0.4, 0.5) is 10.5 Å². The first-order valence-electron chi connectivity index (χ1n) is 12.1. The fourth-order valence-corrected chi connectivity index (χ4v) is 3.95. The van der Waals surface area contributed by atoms with Crippen molar-refractivity contribution in [3.8, 4) is 22.5 Å². The molecule has 1 heterocycles. The van der Waals surface area contributed by atoms with Crippen LogP contribution in [0.1, 0.15) is 51.8 Å². The van der Waals surface area contributed by atoms with Crippen molar-refractivity contribution < 1.29 is 23.6 Å². The maximum Gasteiger partial charge on any atom is 0.412 e. The maximum absolute atomic E-state index is 12.4. The van der Waals surface area contributed by atoms with E-state index in [-0.39, 0.29) is 18.0 Å². The molecule has 1 atom stereocenters. The molecule has 35 heavy (non-hydrogen) atoms. The minimum atomic E-state index is -0.535. The van der Waals surface area contributed by atoms with Crippen molar-refractivity contribution in [1.82, 2.24) is 5.16 Å². The number of ether oxygens (including phenoxy) is 2. The Morgan fingerprint density at radius 2 is 1.57 bits per heavy atom. The summed E-state index contributed by atoms with van der Waals surface area (Å²) >= 11 is 0. The first-order chi connectivity index (χ1) is 16.7. The molecular weight excluding hydrogens is 444 g/mol. The summed E-state index contributed by atoms with van der Waals surface area (Å²) in [5.74, 6) is 0.556. The Kier molecular flexibility index (Phi) is 6.96. The average molecular weight is 477 g/mol. The van der Waals surface area contributed by atoms with Gasteiger partial charge in [-0.15, -0.1) is 0 Å². The van der Waals surface area contributed by atoms with Crippen molar-refractivity contribution in [2.24, 2.45) is 5.92 Å². The summed E-state index contributed by atoms with van der Waals surface area (Å²) in [5.41, 5.74) is 4.46. The highest BCUT2D eigenvalue weighted by molar-refractivity contribution is 5.91. The van der Waals surface area contributed by atoms with Crippen molar-refractivity contribution in [1.29, 1.82) is 0 Å². The van der Waals surface area contributed by atoms with Gasteiger partial charge in [0, 0.05) is 5.56 Å². The van der Waals surface area contributed by atoms with Gasteiger partial charge in [0.05, 0.1) is 12.0 Å². The van der Waals surface area contributed by atoms with E-state index in [1.54, 1.807) is 6.92 Å². The average Bonchev–Trinajstić information content (AvgIpc) is 3.59. The molecule has 1 aromatic heterocycles. The second kappa shape index (κ2) is 9.94. The smallest absolute Gasteiger partial charge is 0.412 e. The Labute approximate surface area is 205 Å². The molecule has 1 saturated carbocycles. The highest BCUT2D eigenvalue weighted by atomic mass is 16.6. The van der Waals surface area contributed by atoms with Crippen molar-refractivity contribution in [3.63, 3.8) is 0 Å². The van der Waals surface area contributed by atoms with Gasteiger partial charge >= 0.3 is 12.1 Å². The third kappa shape index (κ3) is 5.09. The lowest BCUT2D eigenvalue weighted by atomic mass is 9.93. The fourth-order valence-electron chi connectivity index (χ4n) is 3.95. The van der Waals surface area contributed by atoms with Crippen LogP contribution in [0.2, 0.25) is 0 Å². The van der Waals surface area contributed by atoms with Gasteiger partial charge in [-0.2, -0.15) is 0 Å². The number of aromatic nitrogens is 1. The van der Waals surface area contributed by atoms with Gasteiger partial charge in [0.2, 0.25) is 0 Å². The molecule has 0 bridgehead atoms. The number of nitrogens with one attached hydrogen (secondary N) is 1. The second-order valence-electron chi connectivity index (χ2n) is 9.41. The van der Waals surface area contributed by atoms with E-state index in [9.17, 15) is 9.59 Å². The molecule has 0 saturated heterocycles. The number of esters is 1. The lowest BCUT2D eigenvalue weighted by molar-refractivity contribution is -0.146. The topological polar surface area (TPSA) is 90.7 Å². The molecule has 1 fully saturated rings. The Hall–Kier alpha value is -3.61. The van der Waals surface area contributed by atoms with E-state index in [4.69, 9.17) is 14.0 Å². The quantitative estimate of drug-likeness (QED) is 0.373. The van der Waals surface area contributed by atoms with Crippen LogP contribution in [-0.4, -0.2) is 29.9 Å². The van der Waals surface area contributed by atoms with Crippen LogP contribution < -0.4 is 5.32 Å². The number of amides is 1. The third-order valence-corrected chi connectivity index (χ3v) is 6.66. The Balaban J connectivity index is 1.49. The SMILES string of the molecule is CCOC(=O)C1(c2ccc(-c3ccc(-c4onc(C)c4NC(=O)O[C@H](C)C(C)C)cc3)cc2)CC1. The van der Waals surface area contributed by atoms with Crippen molar-refractivity contribution in [2.45, 2.75) is 59.0 Å². The molecule has 0 unspecified atom stereocenters. The number of aryl methyl sites for hydroxylation is 1. The van der Waals surface area contributed by atoms with E-state index in [1.165, 1.54) is 0 Å². The Morgan fingerprint density at radius 3 is 2.11 bits per heavy atom. The monoisotopic (exact) mass is 476 g/mol. The van der Waals surface area contributed by atoms with Gasteiger partial charge < -0.3 is 14.0 Å². The van der Waals surface area contributed by atoms with Crippen molar-refractivity contribution in [2.75, 3.05) is 11.9 Å². The van der Waals surface area contributed by atoms with Crippen LogP contribution in [0, 0.1) is 12.8 Å². The Morgan fingerprint density at radius 1 is 1.00 bits per heavy atom. The summed E-state index contributed by atoms with van der Waals surface area (Å²) in [5, 5.41) is 6.80. The molecule has 0 radical (unpaired) electrons. The molecule has 1 amide bonds. The zero-order valence-electron chi connectivity index (χ0n) is 20.9. The van der Waals surface area contributed by atoms with Crippen LogP contribution in [0.15, 0.2) is 53.1 Å². The molecule has 7 heteroatoms. The molecule has 7 nitrogen and oxygen atoms in total. The minimum absolute atomic E-state index is 0.133. The predicted octanol–water partition coefficient (Wildman–Crippen LogP) is 6.50. The third-order valence-electron chi connectivity index (χ3n) is 6.66. The van der Waals surface area contributed by atoms with Gasteiger partial charge in [-0.25, -0.2) is 4.79 Å². The van der Waals surface area contributed by atoms with Crippen LogP contribution >= 0.6 is 0 Å².